The molecule has 4 aromatic rings. The number of ether oxygens (including phenoxy) is 1. The van der Waals surface area contributed by atoms with E-state index in [2.05, 4.69) is 4.37 Å². The number of hydrogen-bond acceptors (Lipinski definition) is 4. The summed E-state index contributed by atoms with van der Waals surface area (Å²) in [5.74, 6) is 0.101. The molecule has 3 aromatic heterocycles. The van der Waals surface area contributed by atoms with Gasteiger partial charge in [-0.3, -0.25) is 14.0 Å². The second-order valence-corrected chi connectivity index (χ2v) is 7.92. The van der Waals surface area contributed by atoms with Crippen molar-refractivity contribution in [3.8, 4) is 16.9 Å². The van der Waals surface area contributed by atoms with Gasteiger partial charge in [0.25, 0.3) is 5.56 Å². The fourth-order valence-corrected chi connectivity index (χ4v) is 4.64. The molecule has 0 spiro atoms. The van der Waals surface area contributed by atoms with Gasteiger partial charge in [-0.05, 0) is 36.5 Å². The van der Waals surface area contributed by atoms with Gasteiger partial charge in [0.15, 0.2) is 11.9 Å². The summed E-state index contributed by atoms with van der Waals surface area (Å²) in [5, 5.41) is 0.348. The Bertz CT molecular complexity index is 1380. The lowest BCUT2D eigenvalue weighted by Gasteiger charge is -2.13. The van der Waals surface area contributed by atoms with E-state index in [0.29, 0.717) is 27.2 Å². The highest BCUT2D eigenvalue weighted by molar-refractivity contribution is 7.12. The summed E-state index contributed by atoms with van der Waals surface area (Å²) in [4.78, 5) is 25.7. The van der Waals surface area contributed by atoms with E-state index in [1.54, 1.807) is 36.2 Å². The summed E-state index contributed by atoms with van der Waals surface area (Å²) in [7, 11) is 3.40. The van der Waals surface area contributed by atoms with Gasteiger partial charge >= 0.3 is 0 Å². The number of fused-ring (bicyclic) bond motifs is 2. The van der Waals surface area contributed by atoms with Crippen LogP contribution in [-0.4, -0.2) is 16.1 Å². The van der Waals surface area contributed by atoms with Gasteiger partial charge in [0.05, 0.1) is 18.2 Å². The van der Waals surface area contributed by atoms with Crippen molar-refractivity contribution in [1.29, 1.82) is 0 Å². The van der Waals surface area contributed by atoms with Crippen molar-refractivity contribution >= 4 is 32.7 Å². The van der Waals surface area contributed by atoms with Crippen molar-refractivity contribution in [2.75, 3.05) is 7.11 Å². The second kappa shape index (κ2) is 6.00. The zero-order chi connectivity index (χ0) is 19.6. The molecule has 1 aliphatic rings. The lowest BCUT2D eigenvalue weighted by molar-refractivity contribution is -0.671. The molecule has 142 valence electrons. The number of pyridine rings is 2. The number of benzene rings is 1. The maximum absolute atomic E-state index is 15.0. The maximum atomic E-state index is 15.0. The molecule has 1 saturated carbocycles. The van der Waals surface area contributed by atoms with E-state index in [-0.39, 0.29) is 16.8 Å². The molecule has 28 heavy (non-hydrogen) atoms. The molecule has 0 saturated heterocycles. The molecule has 1 fully saturated rings. The first-order chi connectivity index (χ1) is 13.5. The molecule has 1 aliphatic carbocycles. The minimum absolute atomic E-state index is 0.115. The normalized spacial score (nSPS) is 14.1. The molecular formula is C20H17FN3O3S+. The standard InChI is InChI=1S/C20H16FN3O3S/c1-23-8-10(5-12(9-23)27-2)13-7-16-14(6-15(13)21)18(25)17-19(26)22-28-20(17)24(16)11-3-4-11/h5-9,11H,3-4H2,1-2H3/p+1. The van der Waals surface area contributed by atoms with Crippen LogP contribution in [-0.2, 0) is 7.05 Å². The molecule has 0 amide bonds. The zero-order valence-corrected chi connectivity index (χ0v) is 16.1. The number of methoxy groups -OCH3 is 1. The van der Waals surface area contributed by atoms with Gasteiger partial charge in [0.2, 0.25) is 11.6 Å². The monoisotopic (exact) mass is 398 g/mol. The number of hydrogen-bond donors (Lipinski definition) is 1. The summed E-state index contributed by atoms with van der Waals surface area (Å²) in [6.45, 7) is 0. The molecule has 0 atom stereocenters. The van der Waals surface area contributed by atoms with E-state index in [9.17, 15) is 9.59 Å². The molecule has 6 nitrogen and oxygen atoms in total. The van der Waals surface area contributed by atoms with Crippen molar-refractivity contribution in [2.24, 2.45) is 7.05 Å². The summed E-state index contributed by atoms with van der Waals surface area (Å²) < 4.78 is 26.8. The van der Waals surface area contributed by atoms with Crippen LogP contribution in [0.2, 0.25) is 0 Å². The highest BCUT2D eigenvalue weighted by Crippen LogP contribution is 2.40. The van der Waals surface area contributed by atoms with E-state index in [4.69, 9.17) is 4.74 Å². The van der Waals surface area contributed by atoms with Crippen LogP contribution in [0.15, 0.2) is 40.2 Å². The highest BCUT2D eigenvalue weighted by Gasteiger charge is 2.29. The predicted molar refractivity (Wildman–Crippen MR) is 106 cm³/mol. The smallest absolute Gasteiger partial charge is 0.271 e. The molecule has 0 aliphatic heterocycles. The van der Waals surface area contributed by atoms with Crippen LogP contribution in [0, 0.1) is 5.82 Å². The number of nitrogens with one attached hydrogen (secondary N) is 1. The van der Waals surface area contributed by atoms with Gasteiger partial charge in [0.1, 0.15) is 23.1 Å². The summed E-state index contributed by atoms with van der Waals surface area (Å²) in [5.41, 5.74) is 0.852. The van der Waals surface area contributed by atoms with Crippen molar-refractivity contribution in [1.82, 2.24) is 8.94 Å². The average Bonchev–Trinajstić information content (AvgIpc) is 3.43. The molecular weight excluding hydrogens is 381 g/mol. The fourth-order valence-electron chi connectivity index (χ4n) is 3.71. The van der Waals surface area contributed by atoms with Crippen molar-refractivity contribution < 1.29 is 13.7 Å². The molecule has 3 heterocycles. The molecule has 0 radical (unpaired) electrons. The van der Waals surface area contributed by atoms with Crippen LogP contribution in [0.25, 0.3) is 32.2 Å². The van der Waals surface area contributed by atoms with Crippen LogP contribution in [0.1, 0.15) is 18.9 Å². The number of aromatic nitrogens is 3. The van der Waals surface area contributed by atoms with Gasteiger partial charge in [-0.15, -0.1) is 0 Å². The third kappa shape index (κ3) is 2.48. The van der Waals surface area contributed by atoms with Gasteiger partial charge < -0.3 is 9.30 Å². The Balaban J connectivity index is 1.90. The number of halogens is 1. The SMILES string of the molecule is COc1cc(-c2cc3c(cc2F)c(=O)c2c(=O)[nH]sc2n3C2CC2)c[n+](C)c1. The predicted octanol–water partition coefficient (Wildman–Crippen LogP) is 2.88. The quantitative estimate of drug-likeness (QED) is 0.540. The molecule has 5 rings (SSSR count). The Morgan fingerprint density at radius 2 is 2.04 bits per heavy atom. The minimum Gasteiger partial charge on any atom is -0.491 e. The van der Waals surface area contributed by atoms with E-state index in [0.717, 1.165) is 24.4 Å². The molecule has 0 unspecified atom stereocenters. The fraction of sp³-hybridized carbons (Fsp3) is 0.250. The topological polar surface area (TPSA) is 68.0 Å². The summed E-state index contributed by atoms with van der Waals surface area (Å²) in [6.07, 6.45) is 5.54. The minimum atomic E-state index is -0.508. The first-order valence-corrected chi connectivity index (χ1v) is 9.73. The number of aryl methyl sites for hydroxylation is 1. The van der Waals surface area contributed by atoms with E-state index < -0.39 is 16.8 Å². The number of H-pyrrole nitrogens is 1. The van der Waals surface area contributed by atoms with Crippen LogP contribution >= 0.6 is 11.5 Å². The van der Waals surface area contributed by atoms with Gasteiger partial charge in [0, 0.05) is 23.1 Å². The van der Waals surface area contributed by atoms with E-state index in [1.807, 2.05) is 11.6 Å². The summed E-state index contributed by atoms with van der Waals surface area (Å²) in [6, 6.07) is 4.94. The van der Waals surface area contributed by atoms with Gasteiger partial charge in [-0.25, -0.2) is 8.96 Å². The Hall–Kier alpha value is -3.00. The van der Waals surface area contributed by atoms with Crippen LogP contribution < -0.4 is 20.3 Å². The molecule has 1 aromatic carbocycles. The first kappa shape index (κ1) is 17.1. The Morgan fingerprint density at radius 3 is 2.75 bits per heavy atom. The highest BCUT2D eigenvalue weighted by atomic mass is 32.1. The third-order valence-corrected chi connectivity index (χ3v) is 6.03. The Morgan fingerprint density at radius 1 is 1.25 bits per heavy atom. The second-order valence-electron chi connectivity index (χ2n) is 7.12. The lowest BCUT2D eigenvalue weighted by atomic mass is 10.0. The third-order valence-electron chi connectivity index (χ3n) is 5.15. The average molecular weight is 398 g/mol. The molecule has 0 bridgehead atoms. The zero-order valence-electron chi connectivity index (χ0n) is 15.3. The Labute approximate surface area is 162 Å². The summed E-state index contributed by atoms with van der Waals surface area (Å²) >= 11 is 1.16. The number of rotatable bonds is 3. The van der Waals surface area contributed by atoms with E-state index in [1.165, 1.54) is 6.07 Å². The van der Waals surface area contributed by atoms with Crippen LogP contribution in [0.5, 0.6) is 5.75 Å². The van der Waals surface area contributed by atoms with Crippen LogP contribution in [0.4, 0.5) is 4.39 Å². The van der Waals surface area contributed by atoms with Gasteiger partial charge in [-0.2, -0.15) is 0 Å². The molecule has 8 heteroatoms. The van der Waals surface area contributed by atoms with Gasteiger partial charge in [-0.1, -0.05) is 0 Å². The number of aromatic amines is 1. The molecule has 1 N–H and O–H groups in total. The number of nitrogens with zero attached hydrogens (tertiary/aromatic N) is 2. The van der Waals surface area contributed by atoms with Crippen molar-refractivity contribution in [2.45, 2.75) is 18.9 Å². The Kier molecular flexibility index (Phi) is 3.67. The first-order valence-electron chi connectivity index (χ1n) is 8.91. The lowest BCUT2D eigenvalue weighted by Crippen LogP contribution is -2.27. The van der Waals surface area contributed by atoms with Crippen molar-refractivity contribution in [3.05, 3.63) is 57.0 Å². The largest absolute Gasteiger partial charge is 0.491 e. The van der Waals surface area contributed by atoms with E-state index >= 15 is 4.39 Å². The van der Waals surface area contributed by atoms with Crippen molar-refractivity contribution in [3.63, 3.8) is 0 Å². The van der Waals surface area contributed by atoms with Crippen LogP contribution in [0.3, 0.4) is 0 Å². The maximum Gasteiger partial charge on any atom is 0.271 e.